The molecule has 0 aromatic heterocycles. The second-order valence-corrected chi connectivity index (χ2v) is 6.14. The molecule has 1 aromatic rings. The van der Waals surface area contributed by atoms with Crippen LogP contribution in [0.4, 0.5) is 5.69 Å². The molecule has 0 unspecified atom stereocenters. The highest BCUT2D eigenvalue weighted by Gasteiger charge is 2.18. The molecule has 1 fully saturated rings. The summed E-state index contributed by atoms with van der Waals surface area (Å²) in [5, 5.41) is 0.845. The van der Waals surface area contributed by atoms with Crippen LogP contribution in [0.5, 0.6) is 0 Å². The fourth-order valence-electron chi connectivity index (χ4n) is 2.56. The van der Waals surface area contributed by atoms with Gasteiger partial charge in [0.05, 0.1) is 15.7 Å². The van der Waals surface area contributed by atoms with Crippen molar-refractivity contribution in [2.75, 3.05) is 37.6 Å². The summed E-state index contributed by atoms with van der Waals surface area (Å²) in [6, 6.07) is 8.08. The van der Waals surface area contributed by atoms with E-state index in [2.05, 4.69) is 15.9 Å². The van der Waals surface area contributed by atoms with E-state index in [0.29, 0.717) is 4.99 Å². The maximum atomic E-state index is 6.25. The Bertz CT molecular complexity index is 444. The first-order valence-electron chi connectivity index (χ1n) is 7.17. The largest absolute Gasteiger partial charge is 0.393 e. The van der Waals surface area contributed by atoms with Gasteiger partial charge >= 0.3 is 0 Å². The van der Waals surface area contributed by atoms with Crippen molar-refractivity contribution in [3.8, 4) is 0 Å². The zero-order valence-corrected chi connectivity index (χ0v) is 13.3. The maximum Gasteiger partial charge on any atom is 0.0727 e. The summed E-state index contributed by atoms with van der Waals surface area (Å²) in [5.41, 5.74) is 6.66. The molecule has 1 saturated heterocycles. The summed E-state index contributed by atoms with van der Waals surface area (Å²) < 4.78 is 0. The fourth-order valence-corrected chi connectivity index (χ4v) is 2.95. The number of nitrogens with zero attached hydrogens (tertiary/aromatic N) is 2. The van der Waals surface area contributed by atoms with Crippen LogP contribution in [0.15, 0.2) is 24.3 Å². The van der Waals surface area contributed by atoms with E-state index in [9.17, 15) is 0 Å². The number of unbranched alkanes of at least 4 members (excludes halogenated alkanes) is 1. The highest BCUT2D eigenvalue weighted by Crippen LogP contribution is 2.25. The van der Waals surface area contributed by atoms with Crippen molar-refractivity contribution in [2.45, 2.75) is 19.3 Å². The van der Waals surface area contributed by atoms with E-state index in [1.54, 1.807) is 0 Å². The molecule has 5 heteroatoms. The van der Waals surface area contributed by atoms with Gasteiger partial charge in [0, 0.05) is 26.2 Å². The molecule has 3 nitrogen and oxygen atoms in total. The lowest BCUT2D eigenvalue weighted by atomic mass is 10.2. The molecule has 20 heavy (non-hydrogen) atoms. The van der Waals surface area contributed by atoms with E-state index >= 15 is 0 Å². The van der Waals surface area contributed by atoms with Crippen molar-refractivity contribution in [3.05, 3.63) is 29.3 Å². The van der Waals surface area contributed by atoms with Crippen molar-refractivity contribution in [1.82, 2.24) is 4.90 Å². The molecule has 1 aliphatic rings. The van der Waals surface area contributed by atoms with Crippen molar-refractivity contribution in [3.63, 3.8) is 0 Å². The molecule has 0 atom stereocenters. The number of thiocarbonyl (C=S) groups is 1. The summed E-state index contributed by atoms with van der Waals surface area (Å²) in [7, 11) is 0. The Labute approximate surface area is 131 Å². The van der Waals surface area contributed by atoms with Crippen molar-refractivity contribution in [2.24, 2.45) is 5.73 Å². The van der Waals surface area contributed by atoms with Crippen LogP contribution in [-0.2, 0) is 0 Å². The molecule has 0 radical (unpaired) electrons. The van der Waals surface area contributed by atoms with Crippen LogP contribution >= 0.6 is 23.8 Å². The third-order valence-electron chi connectivity index (χ3n) is 3.71. The van der Waals surface area contributed by atoms with Gasteiger partial charge in [-0.25, -0.2) is 0 Å². The predicted octanol–water partition coefficient (Wildman–Crippen LogP) is 2.92. The molecular formula is C15H22ClN3S. The minimum absolute atomic E-state index is 0.633. The highest BCUT2D eigenvalue weighted by molar-refractivity contribution is 7.80. The van der Waals surface area contributed by atoms with Crippen LogP contribution in [-0.4, -0.2) is 42.6 Å². The fraction of sp³-hybridized carbons (Fsp3) is 0.533. The Morgan fingerprint density at radius 1 is 1.15 bits per heavy atom. The molecule has 1 aliphatic heterocycles. The van der Waals surface area contributed by atoms with Gasteiger partial charge in [0.15, 0.2) is 0 Å². The minimum Gasteiger partial charge on any atom is -0.393 e. The van der Waals surface area contributed by atoms with Crippen molar-refractivity contribution in [1.29, 1.82) is 0 Å². The lowest BCUT2D eigenvalue weighted by molar-refractivity contribution is 0.253. The molecule has 2 N–H and O–H groups in total. The Balaban J connectivity index is 1.73. The number of anilines is 1. The molecule has 110 valence electrons. The van der Waals surface area contributed by atoms with Crippen LogP contribution in [0.1, 0.15) is 19.3 Å². The van der Waals surface area contributed by atoms with Gasteiger partial charge in [-0.05, 0) is 37.9 Å². The Kier molecular flexibility index (Phi) is 6.07. The van der Waals surface area contributed by atoms with Crippen LogP contribution in [0.2, 0.25) is 5.02 Å². The summed E-state index contributed by atoms with van der Waals surface area (Å²) in [4.78, 5) is 5.51. The molecule has 2 rings (SSSR count). The number of hydrogen-bond donors (Lipinski definition) is 1. The molecule has 1 aromatic carbocycles. The summed E-state index contributed by atoms with van der Waals surface area (Å²) in [6.07, 6.45) is 3.14. The van der Waals surface area contributed by atoms with E-state index in [4.69, 9.17) is 29.6 Å². The Morgan fingerprint density at radius 2 is 1.85 bits per heavy atom. The molecule has 0 spiro atoms. The summed E-state index contributed by atoms with van der Waals surface area (Å²) >= 11 is 11.1. The van der Waals surface area contributed by atoms with E-state index in [1.165, 1.54) is 6.42 Å². The minimum atomic E-state index is 0.633. The molecule has 0 bridgehead atoms. The average molecular weight is 312 g/mol. The molecule has 0 amide bonds. The van der Waals surface area contributed by atoms with Gasteiger partial charge in [-0.1, -0.05) is 36.0 Å². The molecular weight excluding hydrogens is 290 g/mol. The van der Waals surface area contributed by atoms with E-state index in [-0.39, 0.29) is 0 Å². The maximum absolute atomic E-state index is 6.25. The Hall–Kier alpha value is -0.840. The van der Waals surface area contributed by atoms with Gasteiger partial charge in [-0.15, -0.1) is 0 Å². The van der Waals surface area contributed by atoms with Crippen LogP contribution < -0.4 is 10.6 Å². The van der Waals surface area contributed by atoms with Gasteiger partial charge in [-0.3, -0.25) is 4.90 Å². The SMILES string of the molecule is NC(=S)CCCCN1CCN(c2ccccc2Cl)CC1. The first-order valence-corrected chi connectivity index (χ1v) is 7.95. The van der Waals surface area contributed by atoms with Crippen LogP contribution in [0.25, 0.3) is 0 Å². The number of rotatable bonds is 6. The van der Waals surface area contributed by atoms with Crippen molar-refractivity contribution >= 4 is 34.5 Å². The number of benzene rings is 1. The monoisotopic (exact) mass is 311 g/mol. The van der Waals surface area contributed by atoms with Gasteiger partial charge < -0.3 is 10.6 Å². The predicted molar refractivity (Wildman–Crippen MR) is 90.7 cm³/mol. The topological polar surface area (TPSA) is 32.5 Å². The van der Waals surface area contributed by atoms with Crippen LogP contribution in [0.3, 0.4) is 0 Å². The second-order valence-electron chi connectivity index (χ2n) is 5.20. The number of hydrogen-bond acceptors (Lipinski definition) is 3. The molecule has 1 heterocycles. The molecule has 0 saturated carbocycles. The third-order valence-corrected chi connectivity index (χ3v) is 4.24. The number of para-hydroxylation sites is 1. The van der Waals surface area contributed by atoms with Crippen molar-refractivity contribution < 1.29 is 0 Å². The third kappa shape index (κ3) is 4.62. The summed E-state index contributed by atoms with van der Waals surface area (Å²) in [5.74, 6) is 0. The van der Waals surface area contributed by atoms with Gasteiger partial charge in [-0.2, -0.15) is 0 Å². The van der Waals surface area contributed by atoms with Gasteiger partial charge in [0.1, 0.15) is 0 Å². The number of piperazine rings is 1. The number of nitrogens with two attached hydrogens (primary N) is 1. The van der Waals surface area contributed by atoms with E-state index in [1.807, 2.05) is 18.2 Å². The van der Waals surface area contributed by atoms with Crippen LogP contribution in [0, 0.1) is 0 Å². The Morgan fingerprint density at radius 3 is 2.50 bits per heavy atom. The lowest BCUT2D eigenvalue weighted by Crippen LogP contribution is -2.46. The first-order chi connectivity index (χ1) is 9.66. The number of halogens is 1. The highest BCUT2D eigenvalue weighted by atomic mass is 35.5. The zero-order valence-electron chi connectivity index (χ0n) is 11.7. The average Bonchev–Trinajstić information content (AvgIpc) is 2.45. The standard InChI is InChI=1S/C15H22ClN3S/c16-13-5-1-2-6-14(13)19-11-9-18(10-12-19)8-4-3-7-15(17)20/h1-2,5-6H,3-4,7-12H2,(H2,17,20). The van der Waals surface area contributed by atoms with E-state index < -0.39 is 0 Å². The zero-order chi connectivity index (χ0) is 14.4. The second kappa shape index (κ2) is 7.81. The quantitative estimate of drug-likeness (QED) is 0.647. The van der Waals surface area contributed by atoms with Gasteiger partial charge in [0.25, 0.3) is 0 Å². The van der Waals surface area contributed by atoms with E-state index in [0.717, 1.165) is 56.3 Å². The first kappa shape index (κ1) is 15.5. The smallest absolute Gasteiger partial charge is 0.0727 e. The molecule has 0 aliphatic carbocycles. The summed E-state index contributed by atoms with van der Waals surface area (Å²) in [6.45, 7) is 5.41. The van der Waals surface area contributed by atoms with Gasteiger partial charge in [0.2, 0.25) is 0 Å². The lowest BCUT2D eigenvalue weighted by Gasteiger charge is -2.36. The normalized spacial score (nSPS) is 16.4.